The van der Waals surface area contributed by atoms with Crippen LogP contribution in [0.25, 0.3) is 43.8 Å². The van der Waals surface area contributed by atoms with Crippen molar-refractivity contribution in [2.45, 2.75) is 92.6 Å². The van der Waals surface area contributed by atoms with Crippen LogP contribution < -0.4 is 30.3 Å². The summed E-state index contributed by atoms with van der Waals surface area (Å²) in [7, 11) is -12.6. The van der Waals surface area contributed by atoms with Gasteiger partial charge in [0.2, 0.25) is 30.1 Å². The lowest BCUT2D eigenvalue weighted by Gasteiger charge is -2.32. The second kappa shape index (κ2) is 34.7. The molecule has 0 aliphatic carbocycles. The number of fused-ring (bicyclic) bond motifs is 3. The number of nitrogens with two attached hydrogens (primary N) is 1. The van der Waals surface area contributed by atoms with Crippen LogP contribution in [0.3, 0.4) is 0 Å². The number of nitrogens with one attached hydrogen (secondary N) is 3. The second-order valence-corrected chi connectivity index (χ2v) is 31.8. The Balaban J connectivity index is 0.000000205. The van der Waals surface area contributed by atoms with E-state index in [0.29, 0.717) is 22.0 Å². The van der Waals surface area contributed by atoms with Gasteiger partial charge in [-0.15, -0.1) is 0 Å². The molecule has 12 rings (SSSR count). The zero-order valence-corrected chi connectivity index (χ0v) is 62.1. The summed E-state index contributed by atoms with van der Waals surface area (Å²) in [5.74, 6) is 1.56. The van der Waals surface area contributed by atoms with Crippen LogP contribution >= 0.6 is 66.7 Å². The van der Waals surface area contributed by atoms with Crippen LogP contribution in [0.2, 0.25) is 15.5 Å². The molecule has 1 fully saturated rings. The predicted octanol–water partition coefficient (Wildman–Crippen LogP) is 16.2. The van der Waals surface area contributed by atoms with Crippen LogP contribution in [0.5, 0.6) is 0 Å². The molecule has 5 aromatic heterocycles. The first-order valence-electron chi connectivity index (χ1n) is 29.7. The molecule has 0 saturated carbocycles. The predicted molar refractivity (Wildman–Crippen MR) is 412 cm³/mol. The fourth-order valence-corrected chi connectivity index (χ4v) is 14.4. The van der Waals surface area contributed by atoms with Crippen molar-refractivity contribution < 1.29 is 34.6 Å². The van der Waals surface area contributed by atoms with Crippen molar-refractivity contribution in [3.8, 4) is 11.1 Å². The third-order valence-electron chi connectivity index (χ3n) is 15.0. The average molecular weight is 1590 g/mol. The zero-order chi connectivity index (χ0) is 70.6. The molecule has 30 heteroatoms. The van der Waals surface area contributed by atoms with E-state index >= 15 is 0 Å². The molecule has 5 N–H and O–H groups in total. The van der Waals surface area contributed by atoms with E-state index < -0.39 is 48.4 Å². The van der Waals surface area contributed by atoms with E-state index in [0.717, 1.165) is 77.4 Å². The summed E-state index contributed by atoms with van der Waals surface area (Å²) in [6.45, 7) is 13.6. The number of nitrogens with zero attached hydrogens (tertiary/aromatic N) is 9. The minimum absolute atomic E-state index is 0. The molecule has 0 amide bonds. The van der Waals surface area contributed by atoms with Crippen LogP contribution in [-0.2, 0) is 39.4 Å². The SMILES string of the molecule is C.C.CC(N)c1ccccc1.CC(Nc1ncnc2ccc(-c3cnc(Cl)c(NS(C)(=O)=O)c3)cc12)c1ccccc1.CC(Nc1ncnc2ccc(Br)cc12)c1ccccc1.CC1(C)OB(c2cnc(Cl)c(N(S(C)(=O)=O)S(C)(=O)=O)c2)OC1(C)C.Clc1ncnc2ccc(Br)cc12. The van der Waals surface area contributed by atoms with Gasteiger partial charge >= 0.3 is 7.12 Å². The lowest BCUT2D eigenvalue weighted by molar-refractivity contribution is 0.00578. The first-order chi connectivity index (χ1) is 45.7. The molecule has 0 radical (unpaired) electrons. The molecule has 0 spiro atoms. The number of sulfonamides is 3. The number of rotatable bonds is 14. The lowest BCUT2D eigenvalue weighted by atomic mass is 9.80. The zero-order valence-electron chi connectivity index (χ0n) is 54.2. The van der Waals surface area contributed by atoms with Crippen molar-refractivity contribution in [3.63, 3.8) is 0 Å². The lowest BCUT2D eigenvalue weighted by Crippen LogP contribution is -2.41. The standard InChI is InChI=1S/C22H20ClN5O2S.C16H14BrN3.C13H20BClN2O6S2.C8H4BrClN2.C8H11N.2CH4/c1-14(15-6-4-3-5-7-15)27-22-18-10-16(8-9-19(18)25-13-26-22)17-11-20(21(23)24-12-17)28-31(2,29)30;1-11(12-5-3-2-4-6-12)20-16-14-9-13(17)7-8-15(14)18-10-19-16;1-12(2)13(3,4)23-14(22-12)9-7-10(11(15)16-8-9)17(24(5,18)19)25(6,20)21;9-5-1-2-7-6(3-5)8(10)12-4-11-7;1-7(9)8-5-3-2-4-6-8;;/h3-14,28H,1-2H3,(H,25,26,27);2-11H,1H3,(H,18,19,20);7-8H,1-6H3;1-4H;2-7H,9H2,1H3;2*1H4. The van der Waals surface area contributed by atoms with Crippen molar-refractivity contribution in [2.24, 2.45) is 5.73 Å². The molecule has 3 atom stereocenters. The highest BCUT2D eigenvalue weighted by Crippen LogP contribution is 2.38. The molecule has 6 heterocycles. The number of aromatic nitrogens is 8. The largest absolute Gasteiger partial charge is 0.496 e. The van der Waals surface area contributed by atoms with Gasteiger partial charge in [0.1, 0.15) is 41.5 Å². The van der Waals surface area contributed by atoms with Crippen LogP contribution in [-0.4, -0.2) is 102 Å². The average Bonchev–Trinajstić information content (AvgIpc) is 1.70. The van der Waals surface area contributed by atoms with Gasteiger partial charge in [-0.2, -0.15) is 3.71 Å². The fraction of sp³-hybridized carbons (Fsp3) is 0.246. The van der Waals surface area contributed by atoms with E-state index in [2.05, 4.69) is 125 Å². The molecule has 0 bridgehead atoms. The Morgan fingerprint density at radius 3 is 1.37 bits per heavy atom. The van der Waals surface area contributed by atoms with E-state index in [9.17, 15) is 25.3 Å². The number of benzene rings is 6. The molecule has 1 aliphatic rings. The van der Waals surface area contributed by atoms with Gasteiger partial charge < -0.3 is 25.7 Å². The van der Waals surface area contributed by atoms with Gasteiger partial charge in [-0.1, -0.05) is 179 Å². The van der Waals surface area contributed by atoms with Crippen molar-refractivity contribution >= 4 is 165 Å². The molecular formula is C69H77BBr2Cl3N13O8S3. The quantitative estimate of drug-likeness (QED) is 0.0447. The summed E-state index contributed by atoms with van der Waals surface area (Å²) < 4.78 is 87.5. The van der Waals surface area contributed by atoms with Crippen molar-refractivity contribution in [1.82, 2.24) is 39.9 Å². The summed E-state index contributed by atoms with van der Waals surface area (Å²) in [5, 5.41) is 9.94. The molecule has 1 aliphatic heterocycles. The molecule has 3 unspecified atom stereocenters. The summed E-state index contributed by atoms with van der Waals surface area (Å²) in [4.78, 5) is 33.4. The smallest absolute Gasteiger partial charge is 0.399 e. The number of anilines is 4. The minimum Gasteiger partial charge on any atom is -0.399 e. The van der Waals surface area contributed by atoms with E-state index in [4.69, 9.17) is 49.8 Å². The first-order valence-corrected chi connectivity index (χ1v) is 38.0. The molecular weight excluding hydrogens is 1510 g/mol. The molecule has 11 aromatic rings. The van der Waals surface area contributed by atoms with E-state index in [1.54, 1.807) is 18.6 Å². The van der Waals surface area contributed by atoms with Crippen LogP contribution in [0.4, 0.5) is 23.0 Å². The van der Waals surface area contributed by atoms with Gasteiger partial charge in [0.05, 0.1) is 52.2 Å². The van der Waals surface area contributed by atoms with E-state index in [1.807, 2.05) is 156 Å². The van der Waals surface area contributed by atoms with Crippen LogP contribution in [0.15, 0.2) is 198 Å². The van der Waals surface area contributed by atoms with Gasteiger partial charge in [-0.3, -0.25) is 4.72 Å². The fourth-order valence-electron chi connectivity index (χ4n) is 9.48. The molecule has 99 heavy (non-hydrogen) atoms. The Morgan fingerprint density at radius 2 is 0.919 bits per heavy atom. The Hall–Kier alpha value is -7.54. The number of hydrogen-bond donors (Lipinski definition) is 4. The molecule has 6 aromatic carbocycles. The van der Waals surface area contributed by atoms with Gasteiger partial charge in [-0.25, -0.2) is 65.1 Å². The van der Waals surface area contributed by atoms with Gasteiger partial charge in [0.15, 0.2) is 10.3 Å². The monoisotopic (exact) mass is 1590 g/mol. The maximum Gasteiger partial charge on any atom is 0.496 e. The van der Waals surface area contributed by atoms with Crippen LogP contribution in [0.1, 0.15) is 98.1 Å². The molecule has 1 saturated heterocycles. The van der Waals surface area contributed by atoms with Gasteiger partial charge in [0.25, 0.3) is 0 Å². The summed E-state index contributed by atoms with van der Waals surface area (Å²) in [6.07, 6.45) is 10.1. The molecule has 522 valence electrons. The highest BCUT2D eigenvalue weighted by atomic mass is 79.9. The summed E-state index contributed by atoms with van der Waals surface area (Å²) in [6, 6.07) is 51.3. The second-order valence-electron chi connectivity index (χ2n) is 23.2. The maximum absolute atomic E-state index is 12.0. The first kappa shape index (κ1) is 80.4. The molecule has 21 nitrogen and oxygen atoms in total. The highest BCUT2D eigenvalue weighted by Gasteiger charge is 2.52. The number of hydrogen-bond acceptors (Lipinski definition) is 19. The number of halogens is 5. The maximum atomic E-state index is 12.0. The third-order valence-corrected chi connectivity index (χ3v) is 20.7. The highest BCUT2D eigenvalue weighted by molar-refractivity contribution is 9.10. The van der Waals surface area contributed by atoms with E-state index in [-0.39, 0.29) is 58.4 Å². The summed E-state index contributed by atoms with van der Waals surface area (Å²) in [5.41, 5.74) is 12.4. The third kappa shape index (κ3) is 22.0. The van der Waals surface area contributed by atoms with Gasteiger partial charge in [-0.05, 0) is 131 Å². The Kier molecular flexibility index (Phi) is 28.2. The Bertz CT molecular complexity index is 4880. The normalized spacial score (nSPS) is 13.9. The van der Waals surface area contributed by atoms with E-state index in [1.165, 1.54) is 36.0 Å². The summed E-state index contributed by atoms with van der Waals surface area (Å²) >= 11 is 24.7. The van der Waals surface area contributed by atoms with Crippen molar-refractivity contribution in [1.29, 1.82) is 0 Å². The Morgan fingerprint density at radius 1 is 0.495 bits per heavy atom. The van der Waals surface area contributed by atoms with Crippen LogP contribution in [0, 0.1) is 0 Å². The number of pyridine rings is 2. The van der Waals surface area contributed by atoms with Crippen molar-refractivity contribution in [3.05, 3.63) is 230 Å². The van der Waals surface area contributed by atoms with Crippen molar-refractivity contribution in [2.75, 3.05) is 37.8 Å². The Labute approximate surface area is 612 Å². The minimum atomic E-state index is -4.14. The topological polar surface area (TPSA) is 289 Å². The van der Waals surface area contributed by atoms with Gasteiger partial charge in [0, 0.05) is 66.6 Å².